The summed E-state index contributed by atoms with van der Waals surface area (Å²) in [6, 6.07) is 5.09. The summed E-state index contributed by atoms with van der Waals surface area (Å²) >= 11 is 5.62. The molecule has 0 aliphatic rings. The molecule has 5 nitrogen and oxygen atoms in total. The van der Waals surface area contributed by atoms with Gasteiger partial charge in [-0.25, -0.2) is 4.79 Å². The van der Waals surface area contributed by atoms with E-state index in [0.29, 0.717) is 29.4 Å². The Morgan fingerprint density at radius 1 is 1.27 bits per heavy atom. The van der Waals surface area contributed by atoms with Gasteiger partial charge in [0.15, 0.2) is 6.29 Å². The molecule has 0 aliphatic heterocycles. The molecule has 0 aromatic heterocycles. The SMILES string of the molecule is COC(=O)c1ccc(OCCCCCCl)cc1CC(O)OC. The number of carbonyl (C=O) groups excluding carboxylic acids is 1. The molecule has 0 amide bonds. The molecule has 0 heterocycles. The Morgan fingerprint density at radius 3 is 2.68 bits per heavy atom. The first-order valence-corrected chi connectivity index (χ1v) is 7.76. The number of methoxy groups -OCH3 is 2. The Kier molecular flexibility index (Phi) is 8.89. The van der Waals surface area contributed by atoms with Crippen molar-refractivity contribution in [3.8, 4) is 5.75 Å². The zero-order chi connectivity index (χ0) is 16.4. The lowest BCUT2D eigenvalue weighted by Gasteiger charge is -2.14. The molecule has 1 N–H and O–H groups in total. The average Bonchev–Trinajstić information content (AvgIpc) is 2.54. The van der Waals surface area contributed by atoms with Crippen LogP contribution in [0.3, 0.4) is 0 Å². The Hall–Kier alpha value is -1.30. The molecule has 0 saturated carbocycles. The topological polar surface area (TPSA) is 65.0 Å². The van der Waals surface area contributed by atoms with Crippen LogP contribution in [0, 0.1) is 0 Å². The van der Waals surface area contributed by atoms with E-state index < -0.39 is 12.3 Å². The highest BCUT2D eigenvalue weighted by molar-refractivity contribution is 6.17. The van der Waals surface area contributed by atoms with Crippen LogP contribution in [0.2, 0.25) is 0 Å². The third-order valence-corrected chi connectivity index (χ3v) is 3.46. The number of hydrogen-bond donors (Lipinski definition) is 1. The maximum atomic E-state index is 11.7. The number of unbranched alkanes of at least 4 members (excludes halogenated alkanes) is 2. The number of halogens is 1. The molecule has 0 aliphatic carbocycles. The second-order valence-electron chi connectivity index (χ2n) is 4.80. The molecule has 0 spiro atoms. The normalized spacial score (nSPS) is 12.0. The monoisotopic (exact) mass is 330 g/mol. The zero-order valence-corrected chi connectivity index (χ0v) is 13.8. The summed E-state index contributed by atoms with van der Waals surface area (Å²) in [5.74, 6) is 0.858. The summed E-state index contributed by atoms with van der Waals surface area (Å²) in [4.78, 5) is 11.7. The molecule has 0 radical (unpaired) electrons. The molecule has 0 saturated heterocycles. The molecule has 1 atom stereocenters. The largest absolute Gasteiger partial charge is 0.494 e. The second-order valence-corrected chi connectivity index (χ2v) is 5.18. The summed E-state index contributed by atoms with van der Waals surface area (Å²) in [5, 5.41) is 9.63. The molecule has 124 valence electrons. The lowest BCUT2D eigenvalue weighted by Crippen LogP contribution is -2.16. The van der Waals surface area contributed by atoms with Gasteiger partial charge >= 0.3 is 5.97 Å². The zero-order valence-electron chi connectivity index (χ0n) is 13.0. The van der Waals surface area contributed by atoms with Crippen molar-refractivity contribution in [1.82, 2.24) is 0 Å². The molecule has 22 heavy (non-hydrogen) atoms. The second kappa shape index (κ2) is 10.4. The summed E-state index contributed by atoms with van der Waals surface area (Å²) in [5.41, 5.74) is 1.02. The van der Waals surface area contributed by atoms with Crippen molar-refractivity contribution in [3.63, 3.8) is 0 Å². The van der Waals surface area contributed by atoms with Gasteiger partial charge in [-0.05, 0) is 43.0 Å². The van der Waals surface area contributed by atoms with E-state index in [1.54, 1.807) is 18.2 Å². The van der Waals surface area contributed by atoms with Gasteiger partial charge in [0, 0.05) is 19.4 Å². The number of rotatable bonds is 10. The fourth-order valence-corrected chi connectivity index (χ4v) is 2.16. The van der Waals surface area contributed by atoms with E-state index in [4.69, 9.17) is 25.8 Å². The predicted octanol–water partition coefficient (Wildman–Crippen LogP) is 2.77. The van der Waals surface area contributed by atoms with Gasteiger partial charge < -0.3 is 19.3 Å². The number of benzene rings is 1. The van der Waals surface area contributed by atoms with Crippen molar-refractivity contribution in [2.75, 3.05) is 26.7 Å². The average molecular weight is 331 g/mol. The molecule has 6 heteroatoms. The first kappa shape index (κ1) is 18.7. The van der Waals surface area contributed by atoms with E-state index in [9.17, 15) is 9.90 Å². The molecule has 1 aromatic rings. The van der Waals surface area contributed by atoms with Crippen molar-refractivity contribution in [1.29, 1.82) is 0 Å². The van der Waals surface area contributed by atoms with Crippen LogP contribution >= 0.6 is 11.6 Å². The molecule has 0 bridgehead atoms. The van der Waals surface area contributed by atoms with Crippen LogP contribution in [-0.4, -0.2) is 44.1 Å². The molecule has 1 aromatic carbocycles. The van der Waals surface area contributed by atoms with Crippen molar-refractivity contribution in [3.05, 3.63) is 29.3 Å². The highest BCUT2D eigenvalue weighted by Gasteiger charge is 2.16. The Bertz CT molecular complexity index is 464. The van der Waals surface area contributed by atoms with E-state index >= 15 is 0 Å². The minimum Gasteiger partial charge on any atom is -0.494 e. The summed E-state index contributed by atoms with van der Waals surface area (Å²) in [7, 11) is 2.72. The Morgan fingerprint density at radius 2 is 2.05 bits per heavy atom. The van der Waals surface area contributed by atoms with Crippen LogP contribution in [0.25, 0.3) is 0 Å². The molecule has 1 rings (SSSR count). The summed E-state index contributed by atoms with van der Waals surface area (Å²) in [6.07, 6.45) is 2.10. The number of esters is 1. The summed E-state index contributed by atoms with van der Waals surface area (Å²) < 4.78 is 15.2. The smallest absolute Gasteiger partial charge is 0.338 e. The molecular weight excluding hydrogens is 308 g/mol. The van der Waals surface area contributed by atoms with E-state index in [-0.39, 0.29) is 6.42 Å². The maximum absolute atomic E-state index is 11.7. The fraction of sp³-hybridized carbons (Fsp3) is 0.562. The maximum Gasteiger partial charge on any atom is 0.338 e. The van der Waals surface area contributed by atoms with Gasteiger partial charge in [0.25, 0.3) is 0 Å². The summed E-state index contributed by atoms with van der Waals surface area (Å²) in [6.45, 7) is 0.584. The van der Waals surface area contributed by atoms with Crippen molar-refractivity contribution in [2.24, 2.45) is 0 Å². The number of carbonyl (C=O) groups is 1. The highest BCUT2D eigenvalue weighted by Crippen LogP contribution is 2.21. The van der Waals surface area contributed by atoms with Crippen LogP contribution in [-0.2, 0) is 15.9 Å². The van der Waals surface area contributed by atoms with Gasteiger partial charge in [-0.2, -0.15) is 0 Å². The van der Waals surface area contributed by atoms with Crippen LogP contribution in [0.5, 0.6) is 5.75 Å². The predicted molar refractivity (Wildman–Crippen MR) is 84.6 cm³/mol. The van der Waals surface area contributed by atoms with Crippen LogP contribution in [0.15, 0.2) is 18.2 Å². The van der Waals surface area contributed by atoms with Gasteiger partial charge in [0.2, 0.25) is 0 Å². The van der Waals surface area contributed by atoms with Crippen LogP contribution in [0.4, 0.5) is 0 Å². The Labute approximate surface area is 136 Å². The van der Waals surface area contributed by atoms with Gasteiger partial charge in [-0.15, -0.1) is 11.6 Å². The van der Waals surface area contributed by atoms with Crippen LogP contribution < -0.4 is 4.74 Å². The van der Waals surface area contributed by atoms with Gasteiger partial charge in [-0.3, -0.25) is 0 Å². The van der Waals surface area contributed by atoms with E-state index in [2.05, 4.69) is 0 Å². The molecular formula is C16H23ClO5. The van der Waals surface area contributed by atoms with E-state index in [1.165, 1.54) is 14.2 Å². The lowest BCUT2D eigenvalue weighted by atomic mass is 10.0. The first-order valence-electron chi connectivity index (χ1n) is 7.23. The lowest BCUT2D eigenvalue weighted by molar-refractivity contribution is -0.0721. The third-order valence-electron chi connectivity index (χ3n) is 3.20. The van der Waals surface area contributed by atoms with Crippen molar-refractivity contribution < 1.29 is 24.1 Å². The molecule has 0 fully saturated rings. The minimum atomic E-state index is -0.984. The quantitative estimate of drug-likeness (QED) is 0.309. The Balaban J connectivity index is 2.75. The van der Waals surface area contributed by atoms with Crippen molar-refractivity contribution >= 4 is 17.6 Å². The van der Waals surface area contributed by atoms with Crippen molar-refractivity contribution in [2.45, 2.75) is 32.0 Å². The number of ether oxygens (including phenoxy) is 3. The fourth-order valence-electron chi connectivity index (χ4n) is 1.97. The first-order chi connectivity index (χ1) is 10.6. The van der Waals surface area contributed by atoms with Crippen LogP contribution in [0.1, 0.15) is 35.2 Å². The van der Waals surface area contributed by atoms with E-state index in [1.807, 2.05) is 0 Å². The number of aliphatic hydroxyl groups excluding tert-OH is 1. The standard InChI is InChI=1S/C16H23ClO5/c1-20-15(18)11-12-10-13(22-9-5-3-4-8-17)6-7-14(12)16(19)21-2/h6-7,10,15,18H,3-5,8-9,11H2,1-2H3. The highest BCUT2D eigenvalue weighted by atomic mass is 35.5. The minimum absolute atomic E-state index is 0.185. The van der Waals surface area contributed by atoms with Gasteiger partial charge in [-0.1, -0.05) is 0 Å². The van der Waals surface area contributed by atoms with Gasteiger partial charge in [0.05, 0.1) is 19.3 Å². The molecule has 1 unspecified atom stereocenters. The number of alkyl halides is 1. The van der Waals surface area contributed by atoms with Gasteiger partial charge in [0.1, 0.15) is 5.75 Å². The number of aliphatic hydroxyl groups is 1. The third kappa shape index (κ3) is 6.22. The van der Waals surface area contributed by atoms with E-state index in [0.717, 1.165) is 19.3 Å². The number of hydrogen-bond acceptors (Lipinski definition) is 5.